The Morgan fingerprint density at radius 3 is 2.76 bits per heavy atom. The Hall–Kier alpha value is -1.21. The van der Waals surface area contributed by atoms with Gasteiger partial charge in [-0.3, -0.25) is 14.3 Å². The van der Waals surface area contributed by atoms with Crippen molar-refractivity contribution >= 4 is 34.5 Å². The minimum Gasteiger partial charge on any atom is -0.313 e. The van der Waals surface area contributed by atoms with E-state index in [1.165, 1.54) is 16.3 Å². The van der Waals surface area contributed by atoms with Gasteiger partial charge in [0.25, 0.3) is 5.56 Å². The van der Waals surface area contributed by atoms with Gasteiger partial charge in [0, 0.05) is 25.2 Å². The van der Waals surface area contributed by atoms with Crippen molar-refractivity contribution in [1.29, 1.82) is 0 Å². The molecule has 0 aliphatic rings. The van der Waals surface area contributed by atoms with E-state index < -0.39 is 5.69 Å². The Kier molecular flexibility index (Phi) is 5.52. The Labute approximate surface area is 131 Å². The maximum Gasteiger partial charge on any atom is 0.329 e. The van der Waals surface area contributed by atoms with E-state index in [9.17, 15) is 9.59 Å². The minimum atomic E-state index is -0.445. The summed E-state index contributed by atoms with van der Waals surface area (Å²) in [5, 5.41) is 0.744. The van der Waals surface area contributed by atoms with Gasteiger partial charge in [-0.05, 0) is 6.42 Å². The topological polar surface area (TPSA) is 72.7 Å². The van der Waals surface area contributed by atoms with Crippen molar-refractivity contribution in [3.63, 3.8) is 0 Å². The predicted octanol–water partition coefficient (Wildman–Crippen LogP) is 1.94. The number of imidazole rings is 1. The molecule has 116 valence electrons. The largest absolute Gasteiger partial charge is 0.329 e. The number of hydrogen-bond acceptors (Lipinski definition) is 4. The molecule has 0 saturated carbocycles. The number of nitrogens with zero attached hydrogens (tertiary/aromatic N) is 3. The lowest BCUT2D eigenvalue weighted by Gasteiger charge is -2.07. The molecule has 2 heterocycles. The van der Waals surface area contributed by atoms with Gasteiger partial charge in [-0.1, -0.05) is 31.5 Å². The van der Waals surface area contributed by atoms with Gasteiger partial charge in [0.15, 0.2) is 16.3 Å². The quantitative estimate of drug-likeness (QED) is 0.478. The van der Waals surface area contributed by atoms with Gasteiger partial charge in [-0.25, -0.2) is 9.78 Å². The molecule has 0 aliphatic carbocycles. The minimum absolute atomic E-state index is 0.380. The van der Waals surface area contributed by atoms with Crippen molar-refractivity contribution in [2.75, 3.05) is 11.6 Å². The van der Waals surface area contributed by atoms with Crippen LogP contribution in [0.5, 0.6) is 0 Å². The molecule has 6 nitrogen and oxygen atoms in total. The molecule has 0 atom stereocenters. The number of rotatable bonds is 7. The number of aryl methyl sites for hydroxylation is 2. The first-order valence-corrected chi connectivity index (χ1v) is 8.50. The lowest BCUT2D eigenvalue weighted by atomic mass is 10.2. The normalized spacial score (nSPS) is 11.4. The van der Waals surface area contributed by atoms with Crippen molar-refractivity contribution in [1.82, 2.24) is 19.1 Å². The van der Waals surface area contributed by atoms with Gasteiger partial charge >= 0.3 is 5.69 Å². The van der Waals surface area contributed by atoms with E-state index >= 15 is 0 Å². The van der Waals surface area contributed by atoms with Gasteiger partial charge in [0.05, 0.1) is 0 Å². The van der Waals surface area contributed by atoms with Crippen LogP contribution in [-0.4, -0.2) is 30.7 Å². The van der Waals surface area contributed by atoms with E-state index in [4.69, 9.17) is 11.6 Å². The monoisotopic (exact) mass is 330 g/mol. The zero-order valence-electron chi connectivity index (χ0n) is 12.2. The highest BCUT2D eigenvalue weighted by Crippen LogP contribution is 2.22. The number of halogens is 1. The summed E-state index contributed by atoms with van der Waals surface area (Å²) in [5.41, 5.74) is 0.0667. The third kappa shape index (κ3) is 3.35. The van der Waals surface area contributed by atoms with E-state index in [0.29, 0.717) is 22.8 Å². The van der Waals surface area contributed by atoms with Crippen molar-refractivity contribution in [2.24, 2.45) is 7.05 Å². The molecular weight excluding hydrogens is 312 g/mol. The fraction of sp³-hybridized carbons (Fsp3) is 0.615. The Morgan fingerprint density at radius 1 is 1.33 bits per heavy atom. The fourth-order valence-corrected chi connectivity index (χ4v) is 3.16. The van der Waals surface area contributed by atoms with Gasteiger partial charge in [-0.2, -0.15) is 0 Å². The molecule has 0 fully saturated rings. The third-order valence-electron chi connectivity index (χ3n) is 3.27. The standard InChI is InChI=1S/C13H19ClN4O2S/c1-3-4-5-7-18-9-10(15-13(18)21-8-6-14)17(2)12(20)16-11(9)19/h3-8H2,1-2H3,(H,16,19,20). The number of thioether (sulfide) groups is 1. The summed E-state index contributed by atoms with van der Waals surface area (Å²) in [6, 6.07) is 0. The van der Waals surface area contributed by atoms with Crippen LogP contribution in [0.2, 0.25) is 0 Å². The molecule has 21 heavy (non-hydrogen) atoms. The summed E-state index contributed by atoms with van der Waals surface area (Å²) < 4.78 is 3.28. The number of fused-ring (bicyclic) bond motifs is 1. The van der Waals surface area contributed by atoms with Gasteiger partial charge < -0.3 is 4.57 Å². The first-order valence-electron chi connectivity index (χ1n) is 6.98. The summed E-state index contributed by atoms with van der Waals surface area (Å²) >= 11 is 7.24. The van der Waals surface area contributed by atoms with Crippen LogP contribution in [0.4, 0.5) is 0 Å². The van der Waals surface area contributed by atoms with E-state index in [-0.39, 0.29) is 5.56 Å². The van der Waals surface area contributed by atoms with Crippen LogP contribution in [0.3, 0.4) is 0 Å². The van der Waals surface area contributed by atoms with Crippen LogP contribution in [0.15, 0.2) is 14.7 Å². The van der Waals surface area contributed by atoms with Crippen molar-refractivity contribution in [3.8, 4) is 0 Å². The number of alkyl halides is 1. The molecule has 2 aromatic rings. The molecular formula is C13H19ClN4O2S. The molecule has 0 radical (unpaired) electrons. The number of aromatic amines is 1. The average Bonchev–Trinajstić information content (AvgIpc) is 2.82. The van der Waals surface area contributed by atoms with Crippen LogP contribution >= 0.6 is 23.4 Å². The van der Waals surface area contributed by atoms with Crippen LogP contribution in [0.1, 0.15) is 26.2 Å². The lowest BCUT2D eigenvalue weighted by Crippen LogP contribution is -2.29. The molecule has 0 aliphatic heterocycles. The maximum atomic E-state index is 12.1. The third-order valence-corrected chi connectivity index (χ3v) is 4.66. The van der Waals surface area contributed by atoms with Crippen molar-refractivity contribution in [3.05, 3.63) is 20.8 Å². The molecule has 2 rings (SSSR count). The molecule has 0 amide bonds. The second kappa shape index (κ2) is 7.17. The summed E-state index contributed by atoms with van der Waals surface area (Å²) in [5.74, 6) is 1.22. The van der Waals surface area contributed by atoms with E-state index in [0.717, 1.165) is 31.0 Å². The molecule has 8 heteroatoms. The van der Waals surface area contributed by atoms with Gasteiger partial charge in [0.2, 0.25) is 0 Å². The number of unbranched alkanes of at least 4 members (excludes halogenated alkanes) is 2. The molecule has 2 aromatic heterocycles. The number of hydrogen-bond donors (Lipinski definition) is 1. The van der Waals surface area contributed by atoms with Crippen LogP contribution in [0.25, 0.3) is 11.2 Å². The Bertz CT molecular complexity index is 734. The van der Waals surface area contributed by atoms with Crippen LogP contribution in [0, 0.1) is 0 Å². The highest BCUT2D eigenvalue weighted by atomic mass is 35.5. The highest BCUT2D eigenvalue weighted by molar-refractivity contribution is 7.99. The Balaban J connectivity index is 2.56. The molecule has 0 spiro atoms. The summed E-state index contributed by atoms with van der Waals surface area (Å²) in [6.07, 6.45) is 3.16. The Morgan fingerprint density at radius 2 is 2.10 bits per heavy atom. The molecule has 1 N–H and O–H groups in total. The smallest absolute Gasteiger partial charge is 0.313 e. The van der Waals surface area contributed by atoms with E-state index in [1.54, 1.807) is 7.05 Å². The lowest BCUT2D eigenvalue weighted by molar-refractivity contribution is 0.577. The highest BCUT2D eigenvalue weighted by Gasteiger charge is 2.17. The van der Waals surface area contributed by atoms with Crippen LogP contribution < -0.4 is 11.2 Å². The zero-order chi connectivity index (χ0) is 15.4. The average molecular weight is 331 g/mol. The summed E-state index contributed by atoms with van der Waals surface area (Å²) in [4.78, 5) is 30.6. The maximum absolute atomic E-state index is 12.1. The molecule has 0 saturated heterocycles. The fourth-order valence-electron chi connectivity index (χ4n) is 2.18. The zero-order valence-corrected chi connectivity index (χ0v) is 13.8. The number of H-pyrrole nitrogens is 1. The first-order chi connectivity index (χ1) is 10.1. The SMILES string of the molecule is CCCCCn1c(SCCCl)nc2c1c(=O)[nH]c(=O)n2C. The first kappa shape index (κ1) is 16.2. The van der Waals surface area contributed by atoms with E-state index in [2.05, 4.69) is 16.9 Å². The van der Waals surface area contributed by atoms with Gasteiger partial charge in [0.1, 0.15) is 0 Å². The second-order valence-corrected chi connectivity index (χ2v) is 6.22. The molecule has 0 unspecified atom stereocenters. The van der Waals surface area contributed by atoms with Crippen molar-refractivity contribution in [2.45, 2.75) is 37.9 Å². The molecule has 0 aromatic carbocycles. The van der Waals surface area contributed by atoms with Crippen LogP contribution in [-0.2, 0) is 13.6 Å². The van der Waals surface area contributed by atoms with Gasteiger partial charge in [-0.15, -0.1) is 11.6 Å². The second-order valence-electron chi connectivity index (χ2n) is 4.78. The summed E-state index contributed by atoms with van der Waals surface area (Å²) in [7, 11) is 1.61. The number of nitrogens with one attached hydrogen (secondary N) is 1. The summed E-state index contributed by atoms with van der Waals surface area (Å²) in [6.45, 7) is 2.85. The number of aromatic nitrogens is 4. The van der Waals surface area contributed by atoms with E-state index in [1.807, 2.05) is 4.57 Å². The molecule has 0 bridgehead atoms. The van der Waals surface area contributed by atoms with Crippen molar-refractivity contribution < 1.29 is 0 Å². The predicted molar refractivity (Wildman–Crippen MR) is 86.6 cm³/mol.